The molecular weight excluding hydrogens is 268 g/mol. The van der Waals surface area contributed by atoms with E-state index in [2.05, 4.69) is 71.4 Å². The fourth-order valence-electron chi connectivity index (χ4n) is 4.28. The van der Waals surface area contributed by atoms with Crippen molar-refractivity contribution in [3.63, 3.8) is 0 Å². The molecule has 0 aromatic heterocycles. The molecule has 0 unspecified atom stereocenters. The third kappa shape index (κ3) is 2.37. The summed E-state index contributed by atoms with van der Waals surface area (Å²) in [5, 5.41) is 0. The van der Waals surface area contributed by atoms with Crippen LogP contribution in [0.2, 0.25) is 0 Å². The molecule has 1 fully saturated rings. The van der Waals surface area contributed by atoms with Gasteiger partial charge < -0.3 is 9.80 Å². The van der Waals surface area contributed by atoms with E-state index >= 15 is 0 Å². The van der Waals surface area contributed by atoms with Crippen LogP contribution in [0.25, 0.3) is 0 Å². The summed E-state index contributed by atoms with van der Waals surface area (Å²) in [6, 6.07) is 20.5. The van der Waals surface area contributed by atoms with Gasteiger partial charge in [0.1, 0.15) is 0 Å². The Morgan fingerprint density at radius 3 is 2.45 bits per heavy atom. The molecule has 2 atom stereocenters. The van der Waals surface area contributed by atoms with Crippen LogP contribution < -0.4 is 9.80 Å². The van der Waals surface area contributed by atoms with Crippen molar-refractivity contribution in [2.75, 3.05) is 23.4 Å². The molecule has 0 radical (unpaired) electrons. The first-order valence-corrected chi connectivity index (χ1v) is 8.43. The molecule has 1 heterocycles. The molecule has 2 aromatic rings. The van der Waals surface area contributed by atoms with Crippen molar-refractivity contribution in [2.24, 2.45) is 5.92 Å². The second kappa shape index (κ2) is 5.68. The predicted octanol–water partition coefficient (Wildman–Crippen LogP) is 4.31. The van der Waals surface area contributed by atoms with Gasteiger partial charge in [-0.3, -0.25) is 0 Å². The molecule has 1 aliphatic heterocycles. The van der Waals surface area contributed by atoms with E-state index in [9.17, 15) is 0 Å². The Labute approximate surface area is 133 Å². The van der Waals surface area contributed by atoms with Crippen molar-refractivity contribution in [2.45, 2.75) is 31.8 Å². The standard InChI is InChI=1S/C20H24N2/c1-21-18-13-7-10-17(18)15-22(14-16-8-3-2-4-9-16)20-12-6-5-11-19(20)21/h2-6,8-9,11-12,17-18H,7,10,13-15H2,1H3/t17-,18-/m1/s1. The molecule has 2 aromatic carbocycles. The van der Waals surface area contributed by atoms with Crippen molar-refractivity contribution in [3.8, 4) is 0 Å². The van der Waals surface area contributed by atoms with Crippen molar-refractivity contribution in [1.82, 2.24) is 0 Å². The van der Waals surface area contributed by atoms with Crippen molar-refractivity contribution >= 4 is 11.4 Å². The molecule has 2 aliphatic rings. The highest BCUT2D eigenvalue weighted by Gasteiger charge is 2.36. The van der Waals surface area contributed by atoms with E-state index in [1.165, 1.54) is 42.7 Å². The van der Waals surface area contributed by atoms with Crippen LogP contribution in [0.3, 0.4) is 0 Å². The molecule has 1 saturated carbocycles. The number of benzene rings is 2. The fourth-order valence-corrected chi connectivity index (χ4v) is 4.28. The summed E-state index contributed by atoms with van der Waals surface area (Å²) in [5.41, 5.74) is 4.19. The lowest BCUT2D eigenvalue weighted by molar-refractivity contribution is 0.468. The number of rotatable bonds is 2. The summed E-state index contributed by atoms with van der Waals surface area (Å²) < 4.78 is 0. The second-order valence-corrected chi connectivity index (χ2v) is 6.72. The Morgan fingerprint density at radius 2 is 1.64 bits per heavy atom. The quantitative estimate of drug-likeness (QED) is 0.813. The van der Waals surface area contributed by atoms with Gasteiger partial charge in [0.2, 0.25) is 0 Å². The van der Waals surface area contributed by atoms with Crippen LogP contribution in [0.4, 0.5) is 11.4 Å². The average Bonchev–Trinajstić information content (AvgIpc) is 2.99. The predicted molar refractivity (Wildman–Crippen MR) is 93.5 cm³/mol. The lowest BCUT2D eigenvalue weighted by Gasteiger charge is -2.28. The van der Waals surface area contributed by atoms with Crippen LogP contribution in [0, 0.1) is 5.92 Å². The monoisotopic (exact) mass is 292 g/mol. The number of anilines is 2. The number of hydrogen-bond donors (Lipinski definition) is 0. The zero-order chi connectivity index (χ0) is 14.9. The summed E-state index contributed by atoms with van der Waals surface area (Å²) in [6.45, 7) is 2.19. The van der Waals surface area contributed by atoms with Crippen LogP contribution in [0.1, 0.15) is 24.8 Å². The number of hydrogen-bond acceptors (Lipinski definition) is 2. The SMILES string of the molecule is CN1c2ccccc2N(Cc2ccccc2)C[C@H]2CCC[C@H]21. The van der Waals surface area contributed by atoms with Gasteiger partial charge in [-0.05, 0) is 36.5 Å². The first-order chi connectivity index (χ1) is 10.8. The minimum atomic E-state index is 0.710. The Morgan fingerprint density at radius 1 is 0.909 bits per heavy atom. The molecule has 0 amide bonds. The van der Waals surface area contributed by atoms with Gasteiger partial charge >= 0.3 is 0 Å². The maximum absolute atomic E-state index is 2.59. The molecule has 114 valence electrons. The van der Waals surface area contributed by atoms with E-state index in [1.807, 2.05) is 0 Å². The van der Waals surface area contributed by atoms with E-state index in [-0.39, 0.29) is 0 Å². The van der Waals surface area contributed by atoms with Gasteiger partial charge in [0, 0.05) is 26.2 Å². The van der Waals surface area contributed by atoms with Crippen LogP contribution in [-0.4, -0.2) is 19.6 Å². The van der Waals surface area contributed by atoms with Crippen molar-refractivity contribution in [1.29, 1.82) is 0 Å². The Balaban J connectivity index is 1.72. The second-order valence-electron chi connectivity index (χ2n) is 6.72. The minimum absolute atomic E-state index is 0.710. The van der Waals surface area contributed by atoms with E-state index in [0.29, 0.717) is 6.04 Å². The summed E-state index contributed by atoms with van der Waals surface area (Å²) in [7, 11) is 2.29. The lowest BCUT2D eigenvalue weighted by Crippen LogP contribution is -2.36. The molecular formula is C20H24N2. The molecule has 0 bridgehead atoms. The first kappa shape index (κ1) is 13.7. The van der Waals surface area contributed by atoms with Crippen LogP contribution >= 0.6 is 0 Å². The van der Waals surface area contributed by atoms with Crippen molar-refractivity contribution < 1.29 is 0 Å². The van der Waals surface area contributed by atoms with Gasteiger partial charge in [0.15, 0.2) is 0 Å². The Kier molecular flexibility index (Phi) is 3.53. The van der Waals surface area contributed by atoms with Gasteiger partial charge in [-0.2, -0.15) is 0 Å². The maximum Gasteiger partial charge on any atom is 0.0607 e. The highest BCUT2D eigenvalue weighted by molar-refractivity contribution is 5.72. The molecule has 0 spiro atoms. The van der Waals surface area contributed by atoms with Gasteiger partial charge in [-0.1, -0.05) is 48.9 Å². The number of nitrogens with zero attached hydrogens (tertiary/aromatic N) is 2. The third-order valence-electron chi connectivity index (χ3n) is 5.39. The lowest BCUT2D eigenvalue weighted by atomic mass is 10.0. The van der Waals surface area contributed by atoms with Gasteiger partial charge in [0.05, 0.1) is 11.4 Å². The molecule has 2 heteroatoms. The van der Waals surface area contributed by atoms with Gasteiger partial charge in [0.25, 0.3) is 0 Å². The van der Waals surface area contributed by atoms with Gasteiger partial charge in [-0.25, -0.2) is 0 Å². The zero-order valence-electron chi connectivity index (χ0n) is 13.3. The van der Waals surface area contributed by atoms with E-state index < -0.39 is 0 Å². The van der Waals surface area contributed by atoms with Crippen LogP contribution in [0.15, 0.2) is 54.6 Å². The zero-order valence-corrected chi connectivity index (χ0v) is 13.3. The van der Waals surface area contributed by atoms with E-state index in [0.717, 1.165) is 12.5 Å². The number of fused-ring (bicyclic) bond motifs is 2. The molecule has 0 N–H and O–H groups in total. The van der Waals surface area contributed by atoms with Gasteiger partial charge in [-0.15, -0.1) is 0 Å². The van der Waals surface area contributed by atoms with E-state index in [1.54, 1.807) is 0 Å². The fraction of sp³-hybridized carbons (Fsp3) is 0.400. The highest BCUT2D eigenvalue weighted by atomic mass is 15.2. The minimum Gasteiger partial charge on any atom is -0.370 e. The average molecular weight is 292 g/mol. The summed E-state index contributed by atoms with van der Waals surface area (Å²) in [5.74, 6) is 0.793. The van der Waals surface area contributed by atoms with Crippen LogP contribution in [-0.2, 0) is 6.54 Å². The highest BCUT2D eigenvalue weighted by Crippen LogP contribution is 2.41. The third-order valence-corrected chi connectivity index (χ3v) is 5.39. The molecule has 0 saturated heterocycles. The molecule has 22 heavy (non-hydrogen) atoms. The largest absolute Gasteiger partial charge is 0.370 e. The Bertz CT molecular complexity index is 637. The molecule has 4 rings (SSSR count). The first-order valence-electron chi connectivity index (χ1n) is 8.43. The smallest absolute Gasteiger partial charge is 0.0607 e. The van der Waals surface area contributed by atoms with Crippen LogP contribution in [0.5, 0.6) is 0 Å². The van der Waals surface area contributed by atoms with Crippen molar-refractivity contribution in [3.05, 3.63) is 60.2 Å². The van der Waals surface area contributed by atoms with E-state index in [4.69, 9.17) is 0 Å². The summed E-state index contributed by atoms with van der Waals surface area (Å²) >= 11 is 0. The summed E-state index contributed by atoms with van der Waals surface area (Å²) in [4.78, 5) is 5.13. The maximum atomic E-state index is 2.59. The topological polar surface area (TPSA) is 6.48 Å². The molecule has 1 aliphatic carbocycles. The normalized spacial score (nSPS) is 23.9. The number of para-hydroxylation sites is 2. The summed E-state index contributed by atoms with van der Waals surface area (Å²) in [6.07, 6.45) is 4.09. The Hall–Kier alpha value is -1.96. The molecule has 2 nitrogen and oxygen atoms in total.